The van der Waals surface area contributed by atoms with Crippen LogP contribution < -0.4 is 10.6 Å². The number of allylic oxidation sites excluding steroid dienone is 2. The van der Waals surface area contributed by atoms with E-state index in [2.05, 4.69) is 10.6 Å². The number of benzene rings is 1. The number of carboxylic acid groups (broad SMARTS) is 1. The molecule has 0 saturated carbocycles. The number of thiophene rings is 1. The normalized spacial score (nSPS) is 19.0. The maximum atomic E-state index is 13.8. The quantitative estimate of drug-likeness (QED) is 0.624. The monoisotopic (exact) mass is 416 g/mol. The second-order valence-electron chi connectivity index (χ2n) is 7.11. The number of hydrogen-bond acceptors (Lipinski definition) is 4. The van der Waals surface area contributed by atoms with Crippen LogP contribution in [-0.2, 0) is 9.59 Å². The van der Waals surface area contributed by atoms with Gasteiger partial charge in [-0.1, -0.05) is 23.3 Å². The summed E-state index contributed by atoms with van der Waals surface area (Å²) in [5, 5.41) is 16.6. The number of carbonyl (C=O) groups excluding carboxylic acids is 2. The van der Waals surface area contributed by atoms with E-state index in [1.54, 1.807) is 11.4 Å². The Bertz CT molecular complexity index is 998. The zero-order valence-electron chi connectivity index (χ0n) is 16.0. The molecule has 1 aliphatic rings. The molecule has 1 aromatic carbocycles. The largest absolute Gasteiger partial charge is 0.481 e. The molecule has 1 aromatic heterocycles. The van der Waals surface area contributed by atoms with Gasteiger partial charge in [-0.3, -0.25) is 14.4 Å². The molecule has 2 atom stereocenters. The van der Waals surface area contributed by atoms with Gasteiger partial charge in [-0.25, -0.2) is 4.39 Å². The standard InChI is InChI=1S/C21H21FN2O4S/c1-11-9-14(15(21(27)28)10-12(11)2)19(26)24-20-13(7-8-29-20)18(25)23-17-6-4-3-5-16(17)22/h3-8,14-15H,9-10H2,1-2H3,(H,23,25)(H,24,26)(H,27,28). The second-order valence-corrected chi connectivity index (χ2v) is 8.02. The Morgan fingerprint density at radius 1 is 1.03 bits per heavy atom. The Kier molecular flexibility index (Phi) is 6.12. The van der Waals surface area contributed by atoms with Gasteiger partial charge in [-0.2, -0.15) is 0 Å². The van der Waals surface area contributed by atoms with E-state index in [0.717, 1.165) is 22.5 Å². The van der Waals surface area contributed by atoms with Crippen molar-refractivity contribution in [3.63, 3.8) is 0 Å². The zero-order valence-corrected chi connectivity index (χ0v) is 16.8. The first-order valence-electron chi connectivity index (χ1n) is 9.10. The SMILES string of the molecule is CC1=C(C)CC(C(=O)Nc2sccc2C(=O)Nc2ccccc2F)C(C(=O)O)C1. The highest BCUT2D eigenvalue weighted by molar-refractivity contribution is 7.14. The molecule has 0 aliphatic heterocycles. The third-order valence-electron chi connectivity index (χ3n) is 5.19. The Labute approximate surface area is 171 Å². The first-order valence-corrected chi connectivity index (χ1v) is 9.98. The minimum Gasteiger partial charge on any atom is -0.481 e. The number of aliphatic carboxylic acids is 1. The summed E-state index contributed by atoms with van der Waals surface area (Å²) in [6.07, 6.45) is 0.682. The lowest BCUT2D eigenvalue weighted by molar-refractivity contribution is -0.146. The van der Waals surface area contributed by atoms with Crippen LogP contribution in [0.2, 0.25) is 0 Å². The van der Waals surface area contributed by atoms with E-state index in [0.29, 0.717) is 17.8 Å². The summed E-state index contributed by atoms with van der Waals surface area (Å²) < 4.78 is 13.8. The lowest BCUT2D eigenvalue weighted by atomic mass is 9.76. The number of carboxylic acids is 1. The van der Waals surface area contributed by atoms with Crippen LogP contribution in [0.3, 0.4) is 0 Å². The van der Waals surface area contributed by atoms with Gasteiger partial charge in [0.25, 0.3) is 5.91 Å². The van der Waals surface area contributed by atoms with Crippen molar-refractivity contribution in [1.82, 2.24) is 0 Å². The molecule has 29 heavy (non-hydrogen) atoms. The van der Waals surface area contributed by atoms with Crippen molar-refractivity contribution in [3.8, 4) is 0 Å². The van der Waals surface area contributed by atoms with E-state index >= 15 is 0 Å². The smallest absolute Gasteiger partial charge is 0.307 e. The van der Waals surface area contributed by atoms with Crippen LogP contribution in [0.1, 0.15) is 37.0 Å². The van der Waals surface area contributed by atoms with E-state index in [1.807, 2.05) is 13.8 Å². The van der Waals surface area contributed by atoms with Gasteiger partial charge in [0.15, 0.2) is 0 Å². The Morgan fingerprint density at radius 2 is 1.69 bits per heavy atom. The van der Waals surface area contributed by atoms with E-state index in [9.17, 15) is 23.9 Å². The molecule has 2 unspecified atom stereocenters. The van der Waals surface area contributed by atoms with Crippen LogP contribution >= 0.6 is 11.3 Å². The number of rotatable bonds is 5. The molecular formula is C21H21FN2O4S. The van der Waals surface area contributed by atoms with Gasteiger partial charge in [-0.05, 0) is 50.3 Å². The van der Waals surface area contributed by atoms with Crippen LogP contribution in [0, 0.1) is 17.7 Å². The summed E-state index contributed by atoms with van der Waals surface area (Å²) in [4.78, 5) is 37.0. The van der Waals surface area contributed by atoms with Gasteiger partial charge >= 0.3 is 5.97 Å². The molecule has 2 amide bonds. The van der Waals surface area contributed by atoms with Crippen LogP contribution in [0.4, 0.5) is 15.1 Å². The highest BCUT2D eigenvalue weighted by Gasteiger charge is 2.37. The van der Waals surface area contributed by atoms with Crippen molar-refractivity contribution in [2.75, 3.05) is 10.6 Å². The van der Waals surface area contributed by atoms with Crippen LogP contribution in [0.15, 0.2) is 46.9 Å². The third-order valence-corrected chi connectivity index (χ3v) is 6.02. The molecule has 0 bridgehead atoms. The number of carbonyl (C=O) groups is 3. The average Bonchev–Trinajstić information content (AvgIpc) is 3.13. The van der Waals surface area contributed by atoms with Gasteiger partial charge in [0, 0.05) is 0 Å². The Balaban J connectivity index is 1.77. The van der Waals surface area contributed by atoms with E-state index in [-0.39, 0.29) is 11.3 Å². The van der Waals surface area contributed by atoms with Crippen LogP contribution in [0.5, 0.6) is 0 Å². The highest BCUT2D eigenvalue weighted by Crippen LogP contribution is 2.36. The van der Waals surface area contributed by atoms with Gasteiger partial charge in [0.2, 0.25) is 5.91 Å². The van der Waals surface area contributed by atoms with Crippen LogP contribution in [0.25, 0.3) is 0 Å². The van der Waals surface area contributed by atoms with Crippen molar-refractivity contribution < 1.29 is 23.9 Å². The zero-order chi connectivity index (χ0) is 21.1. The summed E-state index contributed by atoms with van der Waals surface area (Å²) in [5.74, 6) is -4.11. The molecule has 8 heteroatoms. The molecule has 3 N–H and O–H groups in total. The molecule has 0 radical (unpaired) electrons. The molecule has 152 valence electrons. The summed E-state index contributed by atoms with van der Waals surface area (Å²) in [7, 11) is 0. The van der Waals surface area contributed by atoms with Crippen LogP contribution in [-0.4, -0.2) is 22.9 Å². The van der Waals surface area contributed by atoms with Crippen molar-refractivity contribution in [1.29, 1.82) is 0 Å². The average molecular weight is 416 g/mol. The van der Waals surface area contributed by atoms with Crippen molar-refractivity contribution in [2.45, 2.75) is 26.7 Å². The number of halogens is 1. The number of amides is 2. The number of anilines is 2. The van der Waals surface area contributed by atoms with E-state index in [1.165, 1.54) is 24.3 Å². The number of para-hydroxylation sites is 1. The number of nitrogens with one attached hydrogen (secondary N) is 2. The van der Waals surface area contributed by atoms with Gasteiger partial charge in [0.1, 0.15) is 10.8 Å². The Morgan fingerprint density at radius 3 is 2.34 bits per heavy atom. The maximum Gasteiger partial charge on any atom is 0.307 e. The topological polar surface area (TPSA) is 95.5 Å². The summed E-state index contributed by atoms with van der Waals surface area (Å²) in [6, 6.07) is 7.32. The highest BCUT2D eigenvalue weighted by atomic mass is 32.1. The first kappa shape index (κ1) is 20.7. The third kappa shape index (κ3) is 4.54. The van der Waals surface area contributed by atoms with Gasteiger partial charge in [0.05, 0.1) is 23.1 Å². The molecule has 0 saturated heterocycles. The Hall–Kier alpha value is -3.00. The molecule has 1 aliphatic carbocycles. The molecule has 2 aromatic rings. The lowest BCUT2D eigenvalue weighted by Gasteiger charge is -2.29. The molecule has 6 nitrogen and oxygen atoms in total. The van der Waals surface area contributed by atoms with Gasteiger partial charge < -0.3 is 15.7 Å². The first-order chi connectivity index (χ1) is 13.8. The lowest BCUT2D eigenvalue weighted by Crippen LogP contribution is -2.36. The molecule has 0 fully saturated rings. The second kappa shape index (κ2) is 8.57. The fourth-order valence-electron chi connectivity index (χ4n) is 3.37. The molecule has 3 rings (SSSR count). The minimum absolute atomic E-state index is 0.0374. The van der Waals surface area contributed by atoms with E-state index in [4.69, 9.17) is 0 Å². The predicted molar refractivity (Wildman–Crippen MR) is 110 cm³/mol. The van der Waals surface area contributed by atoms with Crippen molar-refractivity contribution in [3.05, 3.63) is 58.2 Å². The maximum absolute atomic E-state index is 13.8. The summed E-state index contributed by atoms with van der Waals surface area (Å²) >= 11 is 1.15. The van der Waals surface area contributed by atoms with E-state index < -0.39 is 35.4 Å². The fourth-order valence-corrected chi connectivity index (χ4v) is 4.16. The van der Waals surface area contributed by atoms with Crippen molar-refractivity contribution >= 4 is 39.8 Å². The van der Waals surface area contributed by atoms with Crippen molar-refractivity contribution in [2.24, 2.45) is 11.8 Å². The minimum atomic E-state index is -1.01. The molecular weight excluding hydrogens is 395 g/mol. The summed E-state index contributed by atoms with van der Waals surface area (Å²) in [5.41, 5.74) is 2.22. The molecule has 1 heterocycles. The fraction of sp³-hybridized carbons (Fsp3) is 0.286. The summed E-state index contributed by atoms with van der Waals surface area (Å²) in [6.45, 7) is 3.77. The van der Waals surface area contributed by atoms with Gasteiger partial charge in [-0.15, -0.1) is 11.3 Å². The predicted octanol–water partition coefficient (Wildman–Crippen LogP) is 4.53. The number of hydrogen-bond donors (Lipinski definition) is 3. The molecule has 0 spiro atoms.